The highest BCUT2D eigenvalue weighted by molar-refractivity contribution is 7.99. The second-order valence-corrected chi connectivity index (χ2v) is 4.85. The summed E-state index contributed by atoms with van der Waals surface area (Å²) in [7, 11) is 0. The van der Waals surface area contributed by atoms with Crippen LogP contribution in [0.1, 0.15) is 25.7 Å². The minimum Gasteiger partial charge on any atom is -0.368 e. The maximum Gasteiger partial charge on any atom is 0.221 e. The van der Waals surface area contributed by atoms with Gasteiger partial charge in [0.15, 0.2) is 5.82 Å². The van der Waals surface area contributed by atoms with Crippen LogP contribution in [-0.2, 0) is 0 Å². The van der Waals surface area contributed by atoms with Crippen molar-refractivity contribution in [2.45, 2.75) is 30.7 Å². The van der Waals surface area contributed by atoms with Crippen LogP contribution in [0.5, 0.6) is 0 Å². The van der Waals surface area contributed by atoms with Gasteiger partial charge in [-0.15, -0.1) is 11.8 Å². The molecule has 1 aromatic rings. The molecule has 0 aliphatic heterocycles. The summed E-state index contributed by atoms with van der Waals surface area (Å²) in [6, 6.07) is 0. The Morgan fingerprint density at radius 2 is 2.20 bits per heavy atom. The Balaban J connectivity index is 1.94. The van der Waals surface area contributed by atoms with E-state index in [2.05, 4.69) is 9.97 Å². The van der Waals surface area contributed by atoms with Crippen LogP contribution in [0.15, 0.2) is 11.2 Å². The first-order chi connectivity index (χ1) is 7.25. The van der Waals surface area contributed by atoms with Crippen molar-refractivity contribution >= 4 is 17.7 Å². The summed E-state index contributed by atoms with van der Waals surface area (Å²) in [5.41, 5.74) is 5.41. The van der Waals surface area contributed by atoms with E-state index in [4.69, 9.17) is 5.73 Å². The summed E-state index contributed by atoms with van der Waals surface area (Å²) in [6.07, 6.45) is 6.27. The third-order valence-corrected chi connectivity index (χ3v) is 3.86. The van der Waals surface area contributed by atoms with Crippen molar-refractivity contribution in [3.05, 3.63) is 12.0 Å². The third kappa shape index (κ3) is 2.81. The molecule has 2 N–H and O–H groups in total. The fraction of sp³-hybridized carbons (Fsp3) is 0.600. The third-order valence-electron chi connectivity index (χ3n) is 2.66. The van der Waals surface area contributed by atoms with Crippen molar-refractivity contribution in [3.8, 4) is 0 Å². The molecular formula is C10H14FN3S. The second-order valence-electron chi connectivity index (χ2n) is 3.84. The largest absolute Gasteiger partial charge is 0.368 e. The fourth-order valence-electron chi connectivity index (χ4n) is 1.84. The van der Waals surface area contributed by atoms with Gasteiger partial charge in [-0.2, -0.15) is 0 Å². The minimum atomic E-state index is -0.368. The Morgan fingerprint density at radius 3 is 2.93 bits per heavy atom. The van der Waals surface area contributed by atoms with Gasteiger partial charge >= 0.3 is 0 Å². The van der Waals surface area contributed by atoms with Gasteiger partial charge in [-0.1, -0.05) is 12.8 Å². The second kappa shape index (κ2) is 4.79. The number of halogens is 1. The zero-order chi connectivity index (χ0) is 10.7. The first kappa shape index (κ1) is 10.7. The van der Waals surface area contributed by atoms with Gasteiger partial charge in [0, 0.05) is 5.75 Å². The summed E-state index contributed by atoms with van der Waals surface area (Å²) < 4.78 is 13.2. The molecule has 15 heavy (non-hydrogen) atoms. The van der Waals surface area contributed by atoms with E-state index in [0.29, 0.717) is 10.9 Å². The fourth-order valence-corrected chi connectivity index (χ4v) is 2.91. The van der Waals surface area contributed by atoms with Crippen LogP contribution in [-0.4, -0.2) is 15.7 Å². The van der Waals surface area contributed by atoms with Gasteiger partial charge in [0.25, 0.3) is 0 Å². The number of anilines is 1. The van der Waals surface area contributed by atoms with Gasteiger partial charge in [0.05, 0.1) is 6.20 Å². The lowest BCUT2D eigenvalue weighted by Gasteiger charge is -2.07. The van der Waals surface area contributed by atoms with E-state index in [9.17, 15) is 4.39 Å². The Bertz CT molecular complexity index is 339. The number of nitrogen functional groups attached to an aromatic ring is 1. The first-order valence-electron chi connectivity index (χ1n) is 5.16. The smallest absolute Gasteiger partial charge is 0.221 e. The molecule has 1 aliphatic rings. The number of hydrogen-bond acceptors (Lipinski definition) is 4. The molecule has 5 heteroatoms. The predicted octanol–water partition coefficient (Wildman–Crippen LogP) is 2.48. The maximum atomic E-state index is 13.2. The Kier molecular flexibility index (Phi) is 3.41. The number of aromatic nitrogens is 2. The molecule has 0 bridgehead atoms. The molecule has 1 aromatic heterocycles. The number of thioether (sulfide) groups is 1. The van der Waals surface area contributed by atoms with E-state index < -0.39 is 0 Å². The van der Waals surface area contributed by atoms with Crippen LogP contribution in [0.4, 0.5) is 10.3 Å². The van der Waals surface area contributed by atoms with Crippen LogP contribution in [0.25, 0.3) is 0 Å². The molecule has 3 nitrogen and oxygen atoms in total. The number of hydrogen-bond donors (Lipinski definition) is 1. The standard InChI is InChI=1S/C10H14FN3S/c11-8-5-13-10(12)14-9(8)15-6-7-3-1-2-4-7/h5,7H,1-4,6H2,(H2,12,13,14). The molecule has 82 valence electrons. The molecule has 0 atom stereocenters. The summed E-state index contributed by atoms with van der Waals surface area (Å²) in [4.78, 5) is 7.49. The monoisotopic (exact) mass is 227 g/mol. The topological polar surface area (TPSA) is 51.8 Å². The van der Waals surface area contributed by atoms with Gasteiger partial charge in [0.2, 0.25) is 5.95 Å². The van der Waals surface area contributed by atoms with Crippen LogP contribution in [0.2, 0.25) is 0 Å². The lowest BCUT2D eigenvalue weighted by molar-refractivity contribution is 0.578. The van der Waals surface area contributed by atoms with E-state index in [0.717, 1.165) is 11.9 Å². The van der Waals surface area contributed by atoms with Crippen LogP contribution in [0, 0.1) is 11.7 Å². The maximum absolute atomic E-state index is 13.2. The molecule has 0 radical (unpaired) electrons. The Labute approximate surface area is 92.7 Å². The van der Waals surface area contributed by atoms with Crippen molar-refractivity contribution in [1.29, 1.82) is 0 Å². The van der Waals surface area contributed by atoms with Gasteiger partial charge in [0.1, 0.15) is 5.03 Å². The molecule has 0 amide bonds. The molecule has 1 saturated carbocycles. The molecular weight excluding hydrogens is 213 g/mol. The first-order valence-corrected chi connectivity index (χ1v) is 6.15. The summed E-state index contributed by atoms with van der Waals surface area (Å²) >= 11 is 1.45. The highest BCUT2D eigenvalue weighted by atomic mass is 32.2. The van der Waals surface area contributed by atoms with E-state index in [-0.39, 0.29) is 11.8 Å². The van der Waals surface area contributed by atoms with Crippen molar-refractivity contribution in [2.75, 3.05) is 11.5 Å². The predicted molar refractivity (Wildman–Crippen MR) is 59.1 cm³/mol. The molecule has 1 fully saturated rings. The molecule has 1 heterocycles. The van der Waals surface area contributed by atoms with Gasteiger partial charge in [-0.25, -0.2) is 14.4 Å². The molecule has 2 rings (SSSR count). The van der Waals surface area contributed by atoms with Crippen LogP contribution < -0.4 is 5.73 Å². The van der Waals surface area contributed by atoms with Crippen LogP contribution >= 0.6 is 11.8 Å². The average molecular weight is 227 g/mol. The highest BCUT2D eigenvalue weighted by Crippen LogP contribution is 2.31. The number of rotatable bonds is 3. The number of nitrogens with two attached hydrogens (primary N) is 1. The molecule has 0 spiro atoms. The zero-order valence-electron chi connectivity index (χ0n) is 8.45. The van der Waals surface area contributed by atoms with Crippen molar-refractivity contribution < 1.29 is 4.39 Å². The summed E-state index contributed by atoms with van der Waals surface area (Å²) in [6.45, 7) is 0. The SMILES string of the molecule is Nc1ncc(F)c(SCC2CCCC2)n1. The normalized spacial score (nSPS) is 17.1. The van der Waals surface area contributed by atoms with Crippen molar-refractivity contribution in [3.63, 3.8) is 0 Å². The Morgan fingerprint density at radius 1 is 1.47 bits per heavy atom. The van der Waals surface area contributed by atoms with E-state index in [1.165, 1.54) is 37.4 Å². The van der Waals surface area contributed by atoms with Gasteiger partial charge < -0.3 is 5.73 Å². The summed E-state index contributed by atoms with van der Waals surface area (Å²) in [5.74, 6) is 1.43. The van der Waals surface area contributed by atoms with Crippen molar-refractivity contribution in [1.82, 2.24) is 9.97 Å². The molecule has 1 aliphatic carbocycles. The Hall–Kier alpha value is -0.840. The molecule has 0 aromatic carbocycles. The van der Waals surface area contributed by atoms with Gasteiger partial charge in [-0.05, 0) is 18.8 Å². The van der Waals surface area contributed by atoms with E-state index >= 15 is 0 Å². The lowest BCUT2D eigenvalue weighted by atomic mass is 10.1. The quantitative estimate of drug-likeness (QED) is 0.636. The number of nitrogens with zero attached hydrogens (tertiary/aromatic N) is 2. The molecule has 0 saturated heterocycles. The van der Waals surface area contributed by atoms with Gasteiger partial charge in [-0.3, -0.25) is 0 Å². The van der Waals surface area contributed by atoms with E-state index in [1.807, 2.05) is 0 Å². The highest BCUT2D eigenvalue weighted by Gasteiger charge is 2.16. The molecule has 0 unspecified atom stereocenters. The van der Waals surface area contributed by atoms with E-state index in [1.54, 1.807) is 0 Å². The minimum absolute atomic E-state index is 0.144. The van der Waals surface area contributed by atoms with Crippen molar-refractivity contribution in [2.24, 2.45) is 5.92 Å². The van der Waals surface area contributed by atoms with Crippen LogP contribution in [0.3, 0.4) is 0 Å². The average Bonchev–Trinajstić information content (AvgIpc) is 2.72. The lowest BCUT2D eigenvalue weighted by Crippen LogP contribution is -2.01. The summed E-state index contributed by atoms with van der Waals surface area (Å²) in [5, 5.41) is 0.384. The zero-order valence-corrected chi connectivity index (χ0v) is 9.26.